The highest BCUT2D eigenvalue weighted by Gasteiger charge is 2.19. The van der Waals surface area contributed by atoms with E-state index in [1.165, 1.54) is 13.2 Å². The Morgan fingerprint density at radius 2 is 1.67 bits per heavy atom. The summed E-state index contributed by atoms with van der Waals surface area (Å²) < 4.78 is 10.3. The molecule has 3 aromatic rings. The summed E-state index contributed by atoms with van der Waals surface area (Å²) in [5.74, 6) is -0.168. The summed E-state index contributed by atoms with van der Waals surface area (Å²) in [5.41, 5.74) is 2.16. The van der Waals surface area contributed by atoms with Crippen LogP contribution in [0.3, 0.4) is 0 Å². The molecule has 0 radical (unpaired) electrons. The Kier molecular flexibility index (Phi) is 5.56. The van der Waals surface area contributed by atoms with Gasteiger partial charge in [-0.1, -0.05) is 24.3 Å². The number of carbonyl (C=O) groups is 2. The highest BCUT2D eigenvalue weighted by atomic mass is 16.5. The quantitative estimate of drug-likeness (QED) is 0.653. The Morgan fingerprint density at radius 1 is 1.04 bits per heavy atom. The Morgan fingerprint density at radius 3 is 2.26 bits per heavy atom. The number of amides is 1. The normalized spacial score (nSPS) is 11.6. The number of carbonyl (C=O) groups excluding carboxylic acids is 2. The lowest BCUT2D eigenvalue weighted by atomic mass is 10.0. The summed E-state index contributed by atoms with van der Waals surface area (Å²) in [5, 5.41) is 12.0. The van der Waals surface area contributed by atoms with Crippen LogP contribution in [0.5, 0.6) is 5.75 Å². The van der Waals surface area contributed by atoms with Crippen molar-refractivity contribution in [2.75, 3.05) is 0 Å². The highest BCUT2D eigenvalue weighted by molar-refractivity contribution is 5.92. The number of phenols is 1. The van der Waals surface area contributed by atoms with E-state index >= 15 is 0 Å². The molecule has 6 heteroatoms. The van der Waals surface area contributed by atoms with Gasteiger partial charge < -0.3 is 19.6 Å². The van der Waals surface area contributed by atoms with Crippen LogP contribution < -0.4 is 5.32 Å². The zero-order valence-electron chi connectivity index (χ0n) is 14.7. The number of phenolic OH excluding ortho intramolecular Hbond substituents is 1. The van der Waals surface area contributed by atoms with Crippen molar-refractivity contribution in [3.05, 3.63) is 78.3 Å². The van der Waals surface area contributed by atoms with Crippen LogP contribution in [-0.4, -0.2) is 23.1 Å². The molecule has 2 N–H and O–H groups in total. The second kappa shape index (κ2) is 8.23. The second-order valence-corrected chi connectivity index (χ2v) is 5.97. The molecule has 1 atom stereocenters. The fourth-order valence-corrected chi connectivity index (χ4v) is 2.47. The van der Waals surface area contributed by atoms with Crippen LogP contribution in [0.15, 0.2) is 71.3 Å². The first-order chi connectivity index (χ1) is 13.0. The molecule has 0 saturated heterocycles. The summed E-state index contributed by atoms with van der Waals surface area (Å²) in [7, 11) is 0. The number of esters is 1. The molecule has 0 aliphatic heterocycles. The maximum absolute atomic E-state index is 12.2. The maximum Gasteiger partial charge on any atom is 0.338 e. The van der Waals surface area contributed by atoms with Gasteiger partial charge >= 0.3 is 5.97 Å². The van der Waals surface area contributed by atoms with Gasteiger partial charge in [0.25, 0.3) is 5.91 Å². The van der Waals surface area contributed by atoms with Gasteiger partial charge in [-0.25, -0.2) is 4.79 Å². The van der Waals surface area contributed by atoms with E-state index in [9.17, 15) is 14.7 Å². The molecule has 0 spiro atoms. The van der Waals surface area contributed by atoms with Crippen molar-refractivity contribution in [3.63, 3.8) is 0 Å². The van der Waals surface area contributed by atoms with Gasteiger partial charge in [-0.3, -0.25) is 4.79 Å². The van der Waals surface area contributed by atoms with Crippen molar-refractivity contribution < 1.29 is 23.8 Å². The predicted molar refractivity (Wildman–Crippen MR) is 99.0 cm³/mol. The maximum atomic E-state index is 12.2. The Bertz CT molecular complexity index is 899. The number of nitrogens with one attached hydrogen (secondary N) is 1. The summed E-state index contributed by atoms with van der Waals surface area (Å²) in [4.78, 5) is 24.3. The van der Waals surface area contributed by atoms with Gasteiger partial charge in [0, 0.05) is 0 Å². The molecule has 3 rings (SSSR count). The fraction of sp³-hybridized carbons (Fsp3) is 0.143. The number of benzene rings is 2. The molecule has 138 valence electrons. The van der Waals surface area contributed by atoms with Gasteiger partial charge in [-0.15, -0.1) is 0 Å². The Hall–Kier alpha value is -3.54. The molecule has 2 aromatic carbocycles. The van der Waals surface area contributed by atoms with Gasteiger partial charge in [-0.2, -0.15) is 0 Å². The minimum Gasteiger partial charge on any atom is -0.508 e. The van der Waals surface area contributed by atoms with Crippen molar-refractivity contribution >= 4 is 11.9 Å². The summed E-state index contributed by atoms with van der Waals surface area (Å²) in [6, 6.07) is 17.1. The van der Waals surface area contributed by atoms with Gasteiger partial charge in [0.05, 0.1) is 18.4 Å². The molecule has 0 aliphatic rings. The lowest BCUT2D eigenvalue weighted by Gasteiger charge is -2.13. The molecule has 1 aromatic heterocycles. The number of ether oxygens (including phenoxy) is 1. The van der Waals surface area contributed by atoms with Crippen LogP contribution in [0.4, 0.5) is 0 Å². The van der Waals surface area contributed by atoms with Gasteiger partial charge in [0.15, 0.2) is 6.10 Å². The highest BCUT2D eigenvalue weighted by Crippen LogP contribution is 2.22. The SMILES string of the molecule is C[C@H](OC(=O)c1ccc(-c2ccc(O)cc2)cc1)C(=O)NCc1ccco1. The lowest BCUT2D eigenvalue weighted by Crippen LogP contribution is -2.35. The Labute approximate surface area is 156 Å². The zero-order valence-corrected chi connectivity index (χ0v) is 14.7. The number of furan rings is 1. The summed E-state index contributed by atoms with van der Waals surface area (Å²) in [6.07, 6.45) is 0.594. The molecule has 27 heavy (non-hydrogen) atoms. The first kappa shape index (κ1) is 18.3. The number of hydrogen-bond acceptors (Lipinski definition) is 5. The van der Waals surface area contributed by atoms with Crippen molar-refractivity contribution in [2.24, 2.45) is 0 Å². The molecule has 1 amide bonds. The molecule has 0 bridgehead atoms. The molecule has 0 saturated carbocycles. The van der Waals surface area contributed by atoms with E-state index in [4.69, 9.17) is 9.15 Å². The number of rotatable bonds is 6. The van der Waals surface area contributed by atoms with Crippen LogP contribution in [0, 0.1) is 0 Å². The van der Waals surface area contributed by atoms with Crippen LogP contribution in [0.25, 0.3) is 11.1 Å². The van der Waals surface area contributed by atoms with Crippen molar-refractivity contribution in [2.45, 2.75) is 19.6 Å². The predicted octanol–water partition coefficient (Wildman–Crippen LogP) is 3.51. The van der Waals surface area contributed by atoms with Crippen molar-refractivity contribution in [1.29, 1.82) is 0 Å². The number of hydrogen-bond donors (Lipinski definition) is 2. The van der Waals surface area contributed by atoms with Crippen LogP contribution in [0.1, 0.15) is 23.0 Å². The molecule has 0 unspecified atom stereocenters. The third-order valence-electron chi connectivity index (χ3n) is 3.99. The minimum atomic E-state index is -0.927. The molecule has 1 heterocycles. The van der Waals surface area contributed by atoms with E-state index in [1.54, 1.807) is 60.7 Å². The Balaban J connectivity index is 1.56. The van der Waals surface area contributed by atoms with Crippen LogP contribution in [0.2, 0.25) is 0 Å². The zero-order chi connectivity index (χ0) is 19.2. The van der Waals surface area contributed by atoms with Crippen LogP contribution >= 0.6 is 0 Å². The third kappa shape index (κ3) is 4.76. The molecular weight excluding hydrogens is 346 g/mol. The van der Waals surface area contributed by atoms with Crippen molar-refractivity contribution in [3.8, 4) is 16.9 Å². The van der Waals surface area contributed by atoms with E-state index in [0.717, 1.165) is 11.1 Å². The third-order valence-corrected chi connectivity index (χ3v) is 3.99. The smallest absolute Gasteiger partial charge is 0.338 e. The topological polar surface area (TPSA) is 88.8 Å². The average molecular weight is 365 g/mol. The molecule has 6 nitrogen and oxygen atoms in total. The van der Waals surface area contributed by atoms with E-state index in [2.05, 4.69) is 5.32 Å². The first-order valence-electron chi connectivity index (χ1n) is 8.43. The summed E-state index contributed by atoms with van der Waals surface area (Å²) >= 11 is 0. The first-order valence-corrected chi connectivity index (χ1v) is 8.43. The fourth-order valence-electron chi connectivity index (χ4n) is 2.47. The average Bonchev–Trinajstić information content (AvgIpc) is 3.20. The molecule has 0 aliphatic carbocycles. The second-order valence-electron chi connectivity index (χ2n) is 5.97. The van der Waals surface area contributed by atoms with Gasteiger partial charge in [0.1, 0.15) is 11.5 Å². The standard InChI is InChI=1S/C21H19NO5/c1-14(20(24)22-13-19-3-2-12-26-19)27-21(25)17-6-4-15(5-7-17)16-8-10-18(23)11-9-16/h2-12,14,23H,13H2,1H3,(H,22,24)/t14-/m0/s1. The van der Waals surface area contributed by atoms with Gasteiger partial charge in [-0.05, 0) is 54.4 Å². The van der Waals surface area contributed by atoms with E-state index in [1.807, 2.05) is 0 Å². The summed E-state index contributed by atoms with van der Waals surface area (Å²) in [6.45, 7) is 1.75. The molecule has 0 fully saturated rings. The number of aromatic hydroxyl groups is 1. The monoisotopic (exact) mass is 365 g/mol. The molecular formula is C21H19NO5. The van der Waals surface area contributed by atoms with Crippen LogP contribution in [-0.2, 0) is 16.1 Å². The minimum absolute atomic E-state index is 0.193. The van der Waals surface area contributed by atoms with E-state index in [-0.39, 0.29) is 12.3 Å². The lowest BCUT2D eigenvalue weighted by molar-refractivity contribution is -0.129. The largest absolute Gasteiger partial charge is 0.508 e. The van der Waals surface area contributed by atoms with Gasteiger partial charge in [0.2, 0.25) is 0 Å². The van der Waals surface area contributed by atoms with E-state index < -0.39 is 18.0 Å². The van der Waals surface area contributed by atoms with E-state index in [0.29, 0.717) is 11.3 Å². The van der Waals surface area contributed by atoms with Crippen molar-refractivity contribution in [1.82, 2.24) is 5.32 Å².